The van der Waals surface area contributed by atoms with Crippen LogP contribution in [0.3, 0.4) is 0 Å². The molecule has 0 aromatic heterocycles. The predicted molar refractivity (Wildman–Crippen MR) is 96.1 cm³/mol. The number of likely N-dealkylation sites (N-methyl/N-ethyl adjacent to an activating group) is 1. The molecule has 0 bridgehead atoms. The molecule has 0 radical (unpaired) electrons. The Labute approximate surface area is 144 Å². The molecule has 132 valence electrons. The highest BCUT2D eigenvalue weighted by Gasteiger charge is 2.27. The van der Waals surface area contributed by atoms with E-state index in [9.17, 15) is 9.59 Å². The molecular weight excluding hydrogens is 304 g/mol. The molecule has 0 saturated carbocycles. The Balaban J connectivity index is 1.90. The van der Waals surface area contributed by atoms with Crippen molar-refractivity contribution in [1.29, 1.82) is 0 Å². The molecule has 1 saturated heterocycles. The van der Waals surface area contributed by atoms with Crippen LogP contribution in [0, 0.1) is 0 Å². The first-order valence-electron chi connectivity index (χ1n) is 8.38. The van der Waals surface area contributed by atoms with Gasteiger partial charge in [-0.15, -0.1) is 0 Å². The Morgan fingerprint density at radius 3 is 2.62 bits per heavy atom. The fraction of sp³-hybridized carbons (Fsp3) is 0.556. The Morgan fingerprint density at radius 2 is 2.00 bits per heavy atom. The van der Waals surface area contributed by atoms with Gasteiger partial charge in [-0.2, -0.15) is 0 Å². The summed E-state index contributed by atoms with van der Waals surface area (Å²) < 4.78 is 0. The molecule has 6 heteroatoms. The summed E-state index contributed by atoms with van der Waals surface area (Å²) in [5.41, 5.74) is 1.83. The maximum absolute atomic E-state index is 12.4. The smallest absolute Gasteiger partial charge is 0.321 e. The highest BCUT2D eigenvalue weighted by Crippen LogP contribution is 2.17. The van der Waals surface area contributed by atoms with Gasteiger partial charge in [-0.3, -0.25) is 4.79 Å². The van der Waals surface area contributed by atoms with Crippen LogP contribution in [0.1, 0.15) is 18.4 Å². The number of likely N-dealkylation sites (tertiary alicyclic amines) is 1. The van der Waals surface area contributed by atoms with Crippen LogP contribution in [0.25, 0.3) is 0 Å². The van der Waals surface area contributed by atoms with Crippen molar-refractivity contribution in [3.05, 3.63) is 29.8 Å². The molecule has 1 aliphatic heterocycles. The average Bonchev–Trinajstić information content (AvgIpc) is 3.03. The van der Waals surface area contributed by atoms with Gasteiger partial charge in [0, 0.05) is 45.3 Å². The normalized spacial score (nSPS) is 17.2. The Hall–Kier alpha value is -2.08. The van der Waals surface area contributed by atoms with Gasteiger partial charge >= 0.3 is 6.03 Å². The highest BCUT2D eigenvalue weighted by atomic mass is 16.2. The van der Waals surface area contributed by atoms with Crippen molar-refractivity contribution >= 4 is 17.6 Å². The Kier molecular flexibility index (Phi) is 6.20. The van der Waals surface area contributed by atoms with Crippen molar-refractivity contribution in [1.82, 2.24) is 14.7 Å². The predicted octanol–water partition coefficient (Wildman–Crippen LogP) is 1.88. The topological polar surface area (TPSA) is 55.9 Å². The molecule has 3 amide bonds. The van der Waals surface area contributed by atoms with Gasteiger partial charge in [0.2, 0.25) is 5.91 Å². The molecule has 1 heterocycles. The van der Waals surface area contributed by atoms with Crippen LogP contribution in [0.2, 0.25) is 0 Å². The van der Waals surface area contributed by atoms with Crippen LogP contribution in [0.5, 0.6) is 0 Å². The maximum atomic E-state index is 12.4. The van der Waals surface area contributed by atoms with Crippen LogP contribution in [0.4, 0.5) is 10.5 Å². The first-order valence-corrected chi connectivity index (χ1v) is 8.38. The summed E-state index contributed by atoms with van der Waals surface area (Å²) in [6.45, 7) is 1.54. The number of hydrogen-bond donors (Lipinski definition) is 1. The lowest BCUT2D eigenvalue weighted by Gasteiger charge is -2.21. The van der Waals surface area contributed by atoms with E-state index < -0.39 is 0 Å². The molecule has 1 N–H and O–H groups in total. The van der Waals surface area contributed by atoms with Gasteiger partial charge < -0.3 is 20.0 Å². The molecule has 2 rings (SSSR count). The second-order valence-electron chi connectivity index (χ2n) is 6.77. The fourth-order valence-corrected chi connectivity index (χ4v) is 2.83. The van der Waals surface area contributed by atoms with Gasteiger partial charge in [0.1, 0.15) is 0 Å². The van der Waals surface area contributed by atoms with E-state index in [1.807, 2.05) is 43.3 Å². The number of amides is 3. The van der Waals surface area contributed by atoms with E-state index >= 15 is 0 Å². The third kappa shape index (κ3) is 4.96. The molecule has 1 fully saturated rings. The van der Waals surface area contributed by atoms with Crippen molar-refractivity contribution in [3.63, 3.8) is 0 Å². The summed E-state index contributed by atoms with van der Waals surface area (Å²) >= 11 is 0. The first-order chi connectivity index (χ1) is 11.4. The number of carbonyl (C=O) groups excluding carboxylic acids is 2. The minimum atomic E-state index is -0.0548. The number of benzene rings is 1. The standard InChI is InChI=1S/C18H28N4O2/c1-20(2)16-10-11-22(13-16)18(24)19-15-7-5-6-14(12-15)8-9-17(23)21(3)4/h5-7,12,16H,8-11,13H2,1-4H3,(H,19,24)/t16-/m0/s1. The van der Waals surface area contributed by atoms with Crippen LogP contribution in [-0.2, 0) is 11.2 Å². The minimum absolute atomic E-state index is 0.0548. The lowest BCUT2D eigenvalue weighted by Crippen LogP contribution is -2.36. The summed E-state index contributed by atoms with van der Waals surface area (Å²) in [5, 5.41) is 2.97. The lowest BCUT2D eigenvalue weighted by atomic mass is 10.1. The van der Waals surface area contributed by atoms with E-state index in [0.717, 1.165) is 30.8 Å². The third-order valence-corrected chi connectivity index (χ3v) is 4.49. The van der Waals surface area contributed by atoms with E-state index in [2.05, 4.69) is 10.2 Å². The molecule has 1 atom stereocenters. The van der Waals surface area contributed by atoms with Crippen molar-refractivity contribution in [2.75, 3.05) is 46.6 Å². The molecule has 1 aliphatic rings. The van der Waals surface area contributed by atoms with E-state index in [0.29, 0.717) is 18.9 Å². The summed E-state index contributed by atoms with van der Waals surface area (Å²) in [4.78, 5) is 29.7. The summed E-state index contributed by atoms with van der Waals surface area (Å²) in [5.74, 6) is 0.108. The number of hydrogen-bond acceptors (Lipinski definition) is 3. The number of rotatable bonds is 5. The van der Waals surface area contributed by atoms with Gasteiger partial charge in [-0.25, -0.2) is 4.79 Å². The van der Waals surface area contributed by atoms with E-state index in [-0.39, 0.29) is 11.9 Å². The summed E-state index contributed by atoms with van der Waals surface area (Å²) in [7, 11) is 7.61. The van der Waals surface area contributed by atoms with Gasteiger partial charge in [0.25, 0.3) is 0 Å². The number of urea groups is 1. The molecule has 0 aliphatic carbocycles. The number of carbonyl (C=O) groups is 2. The molecule has 1 aromatic carbocycles. The molecular formula is C18H28N4O2. The van der Waals surface area contributed by atoms with Gasteiger partial charge in [0.15, 0.2) is 0 Å². The zero-order valence-electron chi connectivity index (χ0n) is 15.1. The zero-order chi connectivity index (χ0) is 17.7. The molecule has 6 nitrogen and oxygen atoms in total. The van der Waals surface area contributed by atoms with Gasteiger partial charge in [-0.05, 0) is 44.6 Å². The van der Waals surface area contributed by atoms with E-state index in [4.69, 9.17) is 0 Å². The van der Waals surface area contributed by atoms with Crippen molar-refractivity contribution in [2.45, 2.75) is 25.3 Å². The molecule has 24 heavy (non-hydrogen) atoms. The number of nitrogens with zero attached hydrogens (tertiary/aromatic N) is 3. The molecule has 1 aromatic rings. The van der Waals surface area contributed by atoms with E-state index in [1.165, 1.54) is 0 Å². The third-order valence-electron chi connectivity index (χ3n) is 4.49. The number of aryl methyl sites for hydroxylation is 1. The highest BCUT2D eigenvalue weighted by molar-refractivity contribution is 5.89. The number of anilines is 1. The summed E-state index contributed by atoms with van der Waals surface area (Å²) in [6.07, 6.45) is 2.15. The second-order valence-corrected chi connectivity index (χ2v) is 6.77. The minimum Gasteiger partial charge on any atom is -0.349 e. The largest absolute Gasteiger partial charge is 0.349 e. The first kappa shape index (κ1) is 18.3. The zero-order valence-corrected chi connectivity index (χ0v) is 15.1. The summed E-state index contributed by atoms with van der Waals surface area (Å²) in [6, 6.07) is 8.10. The van der Waals surface area contributed by atoms with Crippen molar-refractivity contribution < 1.29 is 9.59 Å². The Bertz CT molecular complexity index is 586. The van der Waals surface area contributed by atoms with Crippen molar-refractivity contribution in [2.24, 2.45) is 0 Å². The molecule has 0 spiro atoms. The van der Waals surface area contributed by atoms with Crippen LogP contribution < -0.4 is 5.32 Å². The second kappa shape index (κ2) is 8.15. The lowest BCUT2D eigenvalue weighted by molar-refractivity contribution is -0.128. The van der Waals surface area contributed by atoms with Crippen LogP contribution in [0.15, 0.2) is 24.3 Å². The fourth-order valence-electron chi connectivity index (χ4n) is 2.83. The van der Waals surface area contributed by atoms with Crippen LogP contribution in [-0.4, -0.2) is 74.0 Å². The Morgan fingerprint density at radius 1 is 1.25 bits per heavy atom. The van der Waals surface area contributed by atoms with Gasteiger partial charge in [-0.1, -0.05) is 12.1 Å². The van der Waals surface area contributed by atoms with E-state index in [1.54, 1.807) is 19.0 Å². The monoisotopic (exact) mass is 332 g/mol. The average molecular weight is 332 g/mol. The van der Waals surface area contributed by atoms with Crippen LogP contribution >= 0.6 is 0 Å². The molecule has 0 unspecified atom stereocenters. The number of nitrogens with one attached hydrogen (secondary N) is 1. The quantitative estimate of drug-likeness (QED) is 0.896. The van der Waals surface area contributed by atoms with Gasteiger partial charge in [0.05, 0.1) is 0 Å². The van der Waals surface area contributed by atoms with Crippen molar-refractivity contribution in [3.8, 4) is 0 Å². The maximum Gasteiger partial charge on any atom is 0.321 e. The SMILES string of the molecule is CN(C)C(=O)CCc1cccc(NC(=O)N2CC[C@H](N(C)C)C2)c1.